The van der Waals surface area contributed by atoms with Gasteiger partial charge >= 0.3 is 0 Å². The zero-order chi connectivity index (χ0) is 16.1. The van der Waals surface area contributed by atoms with E-state index in [9.17, 15) is 5.11 Å². The molecule has 6 aliphatic rings. The van der Waals surface area contributed by atoms with E-state index in [0.717, 1.165) is 55.0 Å². The van der Waals surface area contributed by atoms with Gasteiger partial charge in [0.25, 0.3) is 0 Å². The minimum atomic E-state index is -0.917. The maximum Gasteiger partial charge on any atom is 0.231 e. The number of methoxy groups -OCH3 is 1. The highest BCUT2D eigenvalue weighted by atomic mass is 16.7. The van der Waals surface area contributed by atoms with Gasteiger partial charge in [0.1, 0.15) is 6.10 Å². The van der Waals surface area contributed by atoms with E-state index < -0.39 is 11.9 Å². The summed E-state index contributed by atoms with van der Waals surface area (Å²) in [5, 5.41) is 11.2. The Bertz CT molecular complexity index is 738. The van der Waals surface area contributed by atoms with Crippen LogP contribution >= 0.6 is 0 Å². The number of hydrogen-bond donors (Lipinski definition) is 1. The number of fused-ring (bicyclic) bond motifs is 1. The van der Waals surface area contributed by atoms with Crippen molar-refractivity contribution < 1.29 is 24.1 Å². The predicted octanol–water partition coefficient (Wildman–Crippen LogP) is 1.53. The largest absolute Gasteiger partial charge is 0.454 e. The Morgan fingerprint density at radius 3 is 2.83 bits per heavy atom. The summed E-state index contributed by atoms with van der Waals surface area (Å²) in [6, 6.07) is 4.12. The van der Waals surface area contributed by atoms with Crippen LogP contribution in [-0.2, 0) is 9.47 Å². The second-order valence-electron chi connectivity index (χ2n) is 7.71. The van der Waals surface area contributed by atoms with Crippen LogP contribution in [0.3, 0.4) is 0 Å². The molecule has 1 spiro atoms. The Balaban J connectivity index is 1.64. The van der Waals surface area contributed by atoms with Gasteiger partial charge in [0.05, 0.1) is 6.10 Å². The summed E-state index contributed by atoms with van der Waals surface area (Å²) in [7, 11) is 1.66. The number of rotatable bonds is 1. The zero-order valence-electron chi connectivity index (χ0n) is 13.7. The molecule has 1 saturated carbocycles. The summed E-state index contributed by atoms with van der Waals surface area (Å²) in [4.78, 5) is 2.53. The highest BCUT2D eigenvalue weighted by Crippen LogP contribution is 2.64. The quantitative estimate of drug-likeness (QED) is 0.842. The van der Waals surface area contributed by atoms with Crippen LogP contribution in [-0.4, -0.2) is 54.4 Å². The lowest BCUT2D eigenvalue weighted by Crippen LogP contribution is -2.47. The van der Waals surface area contributed by atoms with Crippen molar-refractivity contribution in [2.75, 3.05) is 27.0 Å². The second-order valence-corrected chi connectivity index (χ2v) is 7.71. The van der Waals surface area contributed by atoms with Gasteiger partial charge in [-0.25, -0.2) is 0 Å². The molecular weight excluding hydrogens is 310 g/mol. The van der Waals surface area contributed by atoms with Crippen LogP contribution in [0.1, 0.15) is 42.4 Å². The molecule has 6 heteroatoms. The molecule has 4 bridgehead atoms. The van der Waals surface area contributed by atoms with Crippen LogP contribution in [0.4, 0.5) is 0 Å². The number of nitrogens with zero attached hydrogens (tertiary/aromatic N) is 1. The van der Waals surface area contributed by atoms with E-state index in [0.29, 0.717) is 0 Å². The number of aliphatic hydroxyl groups excluding tert-OH is 1. The minimum Gasteiger partial charge on any atom is -0.454 e. The van der Waals surface area contributed by atoms with Crippen LogP contribution in [0.5, 0.6) is 11.5 Å². The second kappa shape index (κ2) is 4.25. The maximum absolute atomic E-state index is 11.2. The first-order valence-corrected chi connectivity index (χ1v) is 8.76. The van der Waals surface area contributed by atoms with Gasteiger partial charge in [-0.15, -0.1) is 0 Å². The minimum absolute atomic E-state index is 0.0167. The standard InChI is InChI=1S/C18H21NO5/c1-21-18-8-17-3-2-4-19(17)7-14(24-18)10-5-12-13(23-9-22-12)6-11(10)15(17)16(18)20/h5-6,14-16,20H,2-4,7-9H2,1H3/t14-,15+,16-,17-,18?/m0/s1. The van der Waals surface area contributed by atoms with Crippen molar-refractivity contribution >= 4 is 0 Å². The third-order valence-electron chi connectivity index (χ3n) is 6.90. The summed E-state index contributed by atoms with van der Waals surface area (Å²) in [5.74, 6) is 0.617. The SMILES string of the molecule is COC12C[C@]34CCCN3C[C@H](O1)c1cc3c(cc1[C@@H]4[C@@H]2O)OCO3. The molecule has 0 amide bonds. The smallest absolute Gasteiger partial charge is 0.231 e. The maximum atomic E-state index is 11.2. The van der Waals surface area contributed by atoms with E-state index >= 15 is 0 Å². The Hall–Kier alpha value is -1.34. The molecule has 0 aromatic heterocycles. The number of hydrogen-bond acceptors (Lipinski definition) is 6. The topological polar surface area (TPSA) is 60.4 Å². The fourth-order valence-corrected chi connectivity index (χ4v) is 5.94. The molecule has 1 unspecified atom stereocenters. The first kappa shape index (κ1) is 13.9. The molecule has 1 aromatic carbocycles. The van der Waals surface area contributed by atoms with E-state index in [4.69, 9.17) is 18.9 Å². The first-order valence-electron chi connectivity index (χ1n) is 8.76. The van der Waals surface area contributed by atoms with Crippen molar-refractivity contribution in [2.24, 2.45) is 0 Å². The summed E-state index contributed by atoms with van der Waals surface area (Å²) in [6.45, 7) is 2.17. The Labute approximate surface area is 140 Å². The van der Waals surface area contributed by atoms with Crippen LogP contribution in [0, 0.1) is 0 Å². The van der Waals surface area contributed by atoms with Gasteiger partial charge in [0.2, 0.25) is 6.79 Å². The van der Waals surface area contributed by atoms with Gasteiger partial charge in [-0.1, -0.05) is 0 Å². The van der Waals surface area contributed by atoms with Crippen LogP contribution in [0.2, 0.25) is 0 Å². The third kappa shape index (κ3) is 1.39. The molecule has 24 heavy (non-hydrogen) atoms. The molecule has 1 N–H and O–H groups in total. The highest BCUT2D eigenvalue weighted by Gasteiger charge is 2.70. The van der Waals surface area contributed by atoms with Crippen molar-refractivity contribution in [3.63, 3.8) is 0 Å². The Kier molecular flexibility index (Phi) is 2.46. The van der Waals surface area contributed by atoms with E-state index in [-0.39, 0.29) is 24.4 Å². The van der Waals surface area contributed by atoms with Crippen molar-refractivity contribution in [1.82, 2.24) is 4.90 Å². The molecule has 1 aliphatic carbocycles. The molecule has 2 saturated heterocycles. The molecule has 3 fully saturated rings. The van der Waals surface area contributed by atoms with Crippen molar-refractivity contribution in [2.45, 2.75) is 48.7 Å². The monoisotopic (exact) mass is 331 g/mol. The van der Waals surface area contributed by atoms with Gasteiger partial charge in [0, 0.05) is 31.5 Å². The number of ether oxygens (including phenoxy) is 4. The lowest BCUT2D eigenvalue weighted by atomic mass is 9.78. The normalized spacial score (nSPS) is 44.5. The average molecular weight is 331 g/mol. The fourth-order valence-electron chi connectivity index (χ4n) is 5.94. The third-order valence-corrected chi connectivity index (χ3v) is 6.90. The molecule has 6 nitrogen and oxygen atoms in total. The van der Waals surface area contributed by atoms with Crippen LogP contribution < -0.4 is 9.47 Å². The summed E-state index contributed by atoms with van der Waals surface area (Å²) < 4.78 is 23.5. The molecule has 0 radical (unpaired) electrons. The molecular formula is C18H21NO5. The van der Waals surface area contributed by atoms with Gasteiger partial charge in [0.15, 0.2) is 17.3 Å². The van der Waals surface area contributed by atoms with Crippen molar-refractivity contribution in [1.29, 1.82) is 0 Å². The van der Waals surface area contributed by atoms with Crippen LogP contribution in [0.15, 0.2) is 12.1 Å². The molecule has 1 aromatic rings. The van der Waals surface area contributed by atoms with Crippen molar-refractivity contribution in [3.05, 3.63) is 23.3 Å². The molecule has 5 aliphatic heterocycles. The average Bonchev–Trinajstić information content (AvgIpc) is 3.19. The highest BCUT2D eigenvalue weighted by molar-refractivity contribution is 5.54. The lowest BCUT2D eigenvalue weighted by Gasteiger charge is -2.39. The van der Waals surface area contributed by atoms with Crippen molar-refractivity contribution in [3.8, 4) is 11.5 Å². The van der Waals surface area contributed by atoms with Gasteiger partial charge < -0.3 is 24.1 Å². The molecule has 5 atom stereocenters. The van der Waals surface area contributed by atoms with Crippen LogP contribution in [0.25, 0.3) is 0 Å². The Morgan fingerprint density at radius 2 is 2.04 bits per heavy atom. The van der Waals surface area contributed by atoms with E-state index in [2.05, 4.69) is 17.0 Å². The zero-order valence-corrected chi connectivity index (χ0v) is 13.7. The van der Waals surface area contributed by atoms with E-state index in [1.54, 1.807) is 7.11 Å². The Morgan fingerprint density at radius 1 is 1.25 bits per heavy atom. The fraction of sp³-hybridized carbons (Fsp3) is 0.667. The summed E-state index contributed by atoms with van der Waals surface area (Å²) in [6.07, 6.45) is 2.18. The van der Waals surface area contributed by atoms with E-state index in [1.165, 1.54) is 0 Å². The van der Waals surface area contributed by atoms with E-state index in [1.807, 2.05) is 0 Å². The van der Waals surface area contributed by atoms with Gasteiger partial charge in [-0.3, -0.25) is 4.90 Å². The predicted molar refractivity (Wildman–Crippen MR) is 83.0 cm³/mol. The summed E-state index contributed by atoms with van der Waals surface area (Å²) in [5.41, 5.74) is 2.19. The number of aliphatic hydroxyl groups is 1. The molecule has 5 heterocycles. The van der Waals surface area contributed by atoms with Gasteiger partial charge in [-0.2, -0.15) is 0 Å². The molecule has 128 valence electrons. The number of benzene rings is 1. The lowest BCUT2D eigenvalue weighted by molar-refractivity contribution is -0.277. The van der Waals surface area contributed by atoms with Gasteiger partial charge in [-0.05, 0) is 42.6 Å². The summed E-state index contributed by atoms with van der Waals surface area (Å²) >= 11 is 0. The first-order chi connectivity index (χ1) is 11.7. The molecule has 7 rings (SSSR count).